The summed E-state index contributed by atoms with van der Waals surface area (Å²) in [5.74, 6) is 0.781. The minimum atomic E-state index is 0.668. The monoisotopic (exact) mass is 279 g/mol. The van der Waals surface area contributed by atoms with Gasteiger partial charge in [0.1, 0.15) is 5.82 Å². The number of anilines is 1. The molecule has 2 rings (SSSR count). The number of nitrogens with one attached hydrogen (secondary N) is 1. The van der Waals surface area contributed by atoms with E-state index in [9.17, 15) is 0 Å². The molecule has 1 N–H and O–H groups in total. The Morgan fingerprint density at radius 3 is 2.89 bits per heavy atom. The van der Waals surface area contributed by atoms with Gasteiger partial charge in [-0.3, -0.25) is 0 Å². The van der Waals surface area contributed by atoms with Crippen LogP contribution in [-0.2, 0) is 13.1 Å². The van der Waals surface area contributed by atoms with E-state index in [1.807, 2.05) is 30.3 Å². The van der Waals surface area contributed by atoms with Crippen LogP contribution in [0.1, 0.15) is 18.1 Å². The Morgan fingerprint density at radius 2 is 2.26 bits per heavy atom. The van der Waals surface area contributed by atoms with Gasteiger partial charge in [-0.15, -0.1) is 0 Å². The van der Waals surface area contributed by atoms with E-state index in [0.717, 1.165) is 36.6 Å². The molecule has 102 valence electrons. The van der Waals surface area contributed by atoms with Crippen molar-refractivity contribution in [3.05, 3.63) is 47.0 Å². The van der Waals surface area contributed by atoms with Crippen LogP contribution in [0.25, 0.3) is 0 Å². The van der Waals surface area contributed by atoms with Gasteiger partial charge >= 0.3 is 0 Å². The molecule has 0 amide bonds. The second-order valence-corrected chi connectivity index (χ2v) is 4.82. The van der Waals surface area contributed by atoms with E-state index < -0.39 is 0 Å². The molecule has 2 aromatic rings. The maximum absolute atomic E-state index is 6.29. The maximum atomic E-state index is 6.29. The molecule has 0 aliphatic carbocycles. The summed E-state index contributed by atoms with van der Waals surface area (Å²) >= 11 is 6.29. The highest BCUT2D eigenvalue weighted by Gasteiger charge is 2.09. The van der Waals surface area contributed by atoms with Crippen LogP contribution in [0, 0.1) is 0 Å². The van der Waals surface area contributed by atoms with E-state index in [4.69, 9.17) is 16.0 Å². The zero-order chi connectivity index (χ0) is 13.7. The summed E-state index contributed by atoms with van der Waals surface area (Å²) in [5, 5.41) is 3.92. The molecule has 2 aromatic heterocycles. The van der Waals surface area contributed by atoms with E-state index in [0.29, 0.717) is 5.02 Å². The predicted molar refractivity (Wildman–Crippen MR) is 77.4 cm³/mol. The number of hydrogen-bond donors (Lipinski definition) is 1. The summed E-state index contributed by atoms with van der Waals surface area (Å²) < 4.78 is 5.06. The first-order valence-corrected chi connectivity index (χ1v) is 6.66. The third kappa shape index (κ3) is 3.72. The fraction of sp³-hybridized carbons (Fsp3) is 0.357. The molecule has 0 spiro atoms. The third-order valence-electron chi connectivity index (χ3n) is 2.82. The van der Waals surface area contributed by atoms with Crippen LogP contribution in [0.15, 0.2) is 35.3 Å². The van der Waals surface area contributed by atoms with Gasteiger partial charge in [-0.25, -0.2) is 4.98 Å². The minimum Gasteiger partial charge on any atom is -0.472 e. The molecule has 2 heterocycles. The van der Waals surface area contributed by atoms with Crippen LogP contribution in [0.4, 0.5) is 5.82 Å². The quantitative estimate of drug-likeness (QED) is 0.882. The Kier molecular flexibility index (Phi) is 4.82. The lowest BCUT2D eigenvalue weighted by Crippen LogP contribution is -2.18. The van der Waals surface area contributed by atoms with Gasteiger partial charge in [0.25, 0.3) is 0 Å². The Balaban J connectivity index is 2.07. The largest absolute Gasteiger partial charge is 0.472 e. The van der Waals surface area contributed by atoms with Crippen molar-refractivity contribution < 1.29 is 4.42 Å². The number of rotatable bonds is 6. The Labute approximate surface area is 118 Å². The standard InChI is InChI=1S/C14H18ClN3O/c1-3-16-7-12-6-13(15)14(17-8-12)18(2)9-11-4-5-19-10-11/h4-6,8,10,16H,3,7,9H2,1-2H3. The number of halogens is 1. The summed E-state index contributed by atoms with van der Waals surface area (Å²) in [7, 11) is 1.96. The van der Waals surface area contributed by atoms with E-state index in [1.165, 1.54) is 0 Å². The smallest absolute Gasteiger partial charge is 0.147 e. The average Bonchev–Trinajstić information content (AvgIpc) is 2.89. The Bertz CT molecular complexity index is 513. The first kappa shape index (κ1) is 13.9. The normalized spacial score (nSPS) is 10.7. The molecular weight excluding hydrogens is 262 g/mol. The molecule has 5 heteroatoms. The van der Waals surface area contributed by atoms with E-state index in [-0.39, 0.29) is 0 Å². The topological polar surface area (TPSA) is 41.3 Å². The third-order valence-corrected chi connectivity index (χ3v) is 3.10. The lowest BCUT2D eigenvalue weighted by Gasteiger charge is -2.19. The van der Waals surface area contributed by atoms with Crippen molar-refractivity contribution in [2.45, 2.75) is 20.0 Å². The van der Waals surface area contributed by atoms with Gasteiger partial charge in [0.15, 0.2) is 0 Å². The zero-order valence-corrected chi connectivity index (χ0v) is 11.9. The lowest BCUT2D eigenvalue weighted by atomic mass is 10.2. The van der Waals surface area contributed by atoms with Gasteiger partial charge in [-0.05, 0) is 24.2 Å². The number of nitrogens with zero attached hydrogens (tertiary/aromatic N) is 2. The SMILES string of the molecule is CCNCc1cnc(N(C)Cc2ccoc2)c(Cl)c1. The molecule has 0 unspecified atom stereocenters. The summed E-state index contributed by atoms with van der Waals surface area (Å²) in [6.07, 6.45) is 5.25. The zero-order valence-electron chi connectivity index (χ0n) is 11.2. The van der Waals surface area contributed by atoms with E-state index >= 15 is 0 Å². The van der Waals surface area contributed by atoms with Crippen molar-refractivity contribution in [2.75, 3.05) is 18.5 Å². The fourth-order valence-corrected chi connectivity index (χ4v) is 2.18. The van der Waals surface area contributed by atoms with Crippen molar-refractivity contribution in [1.82, 2.24) is 10.3 Å². The second kappa shape index (κ2) is 6.59. The molecule has 0 bridgehead atoms. The second-order valence-electron chi connectivity index (χ2n) is 4.42. The van der Waals surface area contributed by atoms with Crippen molar-refractivity contribution >= 4 is 17.4 Å². The lowest BCUT2D eigenvalue weighted by molar-refractivity contribution is 0.563. The Hall–Kier alpha value is -1.52. The summed E-state index contributed by atoms with van der Waals surface area (Å²) in [5.41, 5.74) is 2.18. The van der Waals surface area contributed by atoms with Crippen LogP contribution in [-0.4, -0.2) is 18.6 Å². The van der Waals surface area contributed by atoms with E-state index in [2.05, 4.69) is 17.2 Å². The summed E-state index contributed by atoms with van der Waals surface area (Å²) in [4.78, 5) is 6.44. The van der Waals surface area contributed by atoms with Crippen LogP contribution in [0.5, 0.6) is 0 Å². The molecule has 0 aromatic carbocycles. The number of aromatic nitrogens is 1. The highest BCUT2D eigenvalue weighted by Crippen LogP contribution is 2.24. The van der Waals surface area contributed by atoms with E-state index in [1.54, 1.807) is 12.5 Å². The molecule has 0 saturated carbocycles. The summed E-state index contributed by atoms with van der Waals surface area (Å²) in [6.45, 7) is 4.51. The Morgan fingerprint density at radius 1 is 1.42 bits per heavy atom. The maximum Gasteiger partial charge on any atom is 0.147 e. The molecule has 0 atom stereocenters. The number of furan rings is 1. The first-order chi connectivity index (χ1) is 9.20. The predicted octanol–water partition coefficient (Wildman–Crippen LogP) is 3.07. The molecule has 0 aliphatic rings. The first-order valence-electron chi connectivity index (χ1n) is 6.28. The van der Waals surface area contributed by atoms with Gasteiger partial charge < -0.3 is 14.6 Å². The van der Waals surface area contributed by atoms with Crippen LogP contribution in [0.3, 0.4) is 0 Å². The molecule has 0 fully saturated rings. The number of hydrogen-bond acceptors (Lipinski definition) is 4. The molecule has 0 radical (unpaired) electrons. The summed E-state index contributed by atoms with van der Waals surface area (Å²) in [6, 6.07) is 3.89. The van der Waals surface area contributed by atoms with Gasteiger partial charge in [0.05, 0.1) is 17.5 Å². The van der Waals surface area contributed by atoms with Crippen LogP contribution >= 0.6 is 11.6 Å². The van der Waals surface area contributed by atoms with Crippen molar-refractivity contribution in [3.63, 3.8) is 0 Å². The molecular formula is C14H18ClN3O. The number of pyridine rings is 1. The molecule has 19 heavy (non-hydrogen) atoms. The van der Waals surface area contributed by atoms with Gasteiger partial charge in [-0.2, -0.15) is 0 Å². The molecule has 0 saturated heterocycles. The van der Waals surface area contributed by atoms with Crippen LogP contribution in [0.2, 0.25) is 5.02 Å². The van der Waals surface area contributed by atoms with Gasteiger partial charge in [-0.1, -0.05) is 18.5 Å². The van der Waals surface area contributed by atoms with Crippen molar-refractivity contribution in [1.29, 1.82) is 0 Å². The van der Waals surface area contributed by atoms with Crippen molar-refractivity contribution in [3.8, 4) is 0 Å². The highest BCUT2D eigenvalue weighted by molar-refractivity contribution is 6.33. The van der Waals surface area contributed by atoms with Crippen LogP contribution < -0.4 is 10.2 Å². The van der Waals surface area contributed by atoms with Gasteiger partial charge in [0.2, 0.25) is 0 Å². The van der Waals surface area contributed by atoms with Crippen molar-refractivity contribution in [2.24, 2.45) is 0 Å². The average molecular weight is 280 g/mol. The molecule has 4 nitrogen and oxygen atoms in total. The molecule has 0 aliphatic heterocycles. The highest BCUT2D eigenvalue weighted by atomic mass is 35.5. The minimum absolute atomic E-state index is 0.668. The van der Waals surface area contributed by atoms with Gasteiger partial charge in [0, 0.05) is 31.9 Å². The fourth-order valence-electron chi connectivity index (χ4n) is 1.85.